The van der Waals surface area contributed by atoms with E-state index < -0.39 is 0 Å². The number of thiazole rings is 1. The smallest absolute Gasteiger partial charge is 0.348 e. The fourth-order valence-corrected chi connectivity index (χ4v) is 2.71. The van der Waals surface area contributed by atoms with Crippen molar-refractivity contribution < 1.29 is 4.79 Å². The molecule has 7 nitrogen and oxygen atoms in total. The molecule has 2 aliphatic heterocycles. The van der Waals surface area contributed by atoms with Gasteiger partial charge in [-0.25, -0.2) is 9.78 Å². The number of carbonyl (C=O) groups excluding carboxylic acids is 1. The van der Waals surface area contributed by atoms with E-state index in [0.717, 1.165) is 22.8 Å². The Bertz CT molecular complexity index is 562. The predicted molar refractivity (Wildman–Crippen MR) is 66.3 cm³/mol. The maximum Gasteiger partial charge on any atom is 0.348 e. The van der Waals surface area contributed by atoms with Crippen LogP contribution in [0.15, 0.2) is 21.5 Å². The van der Waals surface area contributed by atoms with Crippen molar-refractivity contribution in [1.29, 1.82) is 0 Å². The van der Waals surface area contributed by atoms with Gasteiger partial charge in [-0.3, -0.25) is 4.90 Å². The van der Waals surface area contributed by atoms with Gasteiger partial charge in [0, 0.05) is 12.4 Å². The fourth-order valence-electron chi connectivity index (χ4n) is 1.79. The summed E-state index contributed by atoms with van der Waals surface area (Å²) >= 11 is 1.54. The summed E-state index contributed by atoms with van der Waals surface area (Å²) in [5.41, 5.74) is 1.82. The molecule has 94 valence electrons. The van der Waals surface area contributed by atoms with E-state index >= 15 is 0 Å². The molecule has 8 heteroatoms. The van der Waals surface area contributed by atoms with Gasteiger partial charge in [0.1, 0.15) is 10.7 Å². The Morgan fingerprint density at radius 2 is 2.39 bits per heavy atom. The van der Waals surface area contributed by atoms with Gasteiger partial charge in [0.25, 0.3) is 0 Å². The van der Waals surface area contributed by atoms with E-state index in [-0.39, 0.29) is 6.03 Å². The van der Waals surface area contributed by atoms with Crippen molar-refractivity contribution in [3.05, 3.63) is 21.9 Å². The number of nitrogens with zero attached hydrogens (tertiary/aromatic N) is 5. The molecule has 3 heterocycles. The summed E-state index contributed by atoms with van der Waals surface area (Å²) in [6.07, 6.45) is 0.895. The molecule has 18 heavy (non-hydrogen) atoms. The lowest BCUT2D eigenvalue weighted by Crippen LogP contribution is -2.40. The molecular weight excluding hydrogens is 252 g/mol. The van der Waals surface area contributed by atoms with Crippen LogP contribution in [0.2, 0.25) is 0 Å². The van der Waals surface area contributed by atoms with Crippen molar-refractivity contribution in [2.45, 2.75) is 13.3 Å². The normalized spacial score (nSPS) is 18.4. The van der Waals surface area contributed by atoms with Gasteiger partial charge in [0.05, 0.1) is 12.4 Å². The standard InChI is InChI=1S/C10H12N6OS/c1-3-6-4-18-9(12-6)7-8-13-14-15(2)10(17)16(8)5-11-7/h4,11H,3,5H2,1-2H3. The topological polar surface area (TPSA) is 73.2 Å². The molecular formula is C10H12N6OS. The first kappa shape index (κ1) is 11.1. The molecule has 2 aliphatic rings. The van der Waals surface area contributed by atoms with Crippen LogP contribution in [-0.2, 0) is 6.42 Å². The molecule has 0 saturated carbocycles. The minimum Gasteiger partial charge on any atom is -0.362 e. The Kier molecular flexibility index (Phi) is 2.51. The van der Waals surface area contributed by atoms with Gasteiger partial charge in [-0.1, -0.05) is 12.1 Å². The predicted octanol–water partition coefficient (Wildman–Crippen LogP) is 1.63. The van der Waals surface area contributed by atoms with Crippen LogP contribution in [0.25, 0.3) is 5.70 Å². The van der Waals surface area contributed by atoms with Crippen LogP contribution in [0.1, 0.15) is 17.6 Å². The van der Waals surface area contributed by atoms with Crippen molar-refractivity contribution in [3.63, 3.8) is 0 Å². The fraction of sp³-hybridized carbons (Fsp3) is 0.400. The Hall–Kier alpha value is -1.96. The average molecular weight is 264 g/mol. The largest absolute Gasteiger partial charge is 0.362 e. The summed E-state index contributed by atoms with van der Waals surface area (Å²) < 4.78 is 0. The van der Waals surface area contributed by atoms with Crippen molar-refractivity contribution >= 4 is 23.1 Å². The van der Waals surface area contributed by atoms with Crippen LogP contribution in [0.3, 0.4) is 0 Å². The molecule has 0 atom stereocenters. The van der Waals surface area contributed by atoms with Crippen LogP contribution in [0.4, 0.5) is 4.79 Å². The number of amides is 2. The van der Waals surface area contributed by atoms with E-state index in [1.165, 1.54) is 5.01 Å². The molecule has 0 aromatic carbocycles. The second kappa shape index (κ2) is 4.05. The average Bonchev–Trinajstić information content (AvgIpc) is 2.99. The second-order valence-electron chi connectivity index (χ2n) is 3.95. The van der Waals surface area contributed by atoms with Crippen LogP contribution < -0.4 is 5.32 Å². The summed E-state index contributed by atoms with van der Waals surface area (Å²) in [6, 6.07) is -0.185. The van der Waals surface area contributed by atoms with Gasteiger partial charge in [-0.15, -0.1) is 16.5 Å². The lowest BCUT2D eigenvalue weighted by molar-refractivity contribution is 0.165. The third-order valence-electron chi connectivity index (χ3n) is 2.80. The molecule has 0 spiro atoms. The van der Waals surface area contributed by atoms with E-state index in [1.54, 1.807) is 23.3 Å². The third kappa shape index (κ3) is 1.57. The summed E-state index contributed by atoms with van der Waals surface area (Å²) in [7, 11) is 1.58. The van der Waals surface area contributed by atoms with Gasteiger partial charge in [0.15, 0.2) is 5.82 Å². The highest BCUT2D eigenvalue weighted by Crippen LogP contribution is 2.30. The van der Waals surface area contributed by atoms with Crippen LogP contribution in [0, 0.1) is 0 Å². The SMILES string of the molecule is CCc1csc(C2=C3N=NN(C)C(=O)N3CN2)n1. The first-order chi connectivity index (χ1) is 8.70. The lowest BCUT2D eigenvalue weighted by atomic mass is 10.4. The van der Waals surface area contributed by atoms with Gasteiger partial charge in [-0.05, 0) is 6.42 Å². The Morgan fingerprint density at radius 1 is 1.56 bits per heavy atom. The third-order valence-corrected chi connectivity index (χ3v) is 3.71. The summed E-state index contributed by atoms with van der Waals surface area (Å²) in [5, 5.41) is 15.1. The van der Waals surface area contributed by atoms with Gasteiger partial charge in [-0.2, -0.15) is 5.01 Å². The molecule has 0 bridgehead atoms. The van der Waals surface area contributed by atoms with Gasteiger partial charge >= 0.3 is 6.03 Å². The van der Waals surface area contributed by atoms with E-state index in [9.17, 15) is 4.79 Å². The van der Waals surface area contributed by atoms with Crippen molar-refractivity contribution in [2.75, 3.05) is 13.7 Å². The van der Waals surface area contributed by atoms with Crippen LogP contribution in [-0.4, -0.2) is 34.6 Å². The molecule has 0 fully saturated rings. The quantitative estimate of drug-likeness (QED) is 0.882. The number of nitrogens with one attached hydrogen (secondary N) is 1. The number of fused-ring (bicyclic) bond motifs is 1. The van der Waals surface area contributed by atoms with Crippen molar-refractivity contribution in [1.82, 2.24) is 20.2 Å². The number of hydrogen-bond acceptors (Lipinski definition) is 6. The molecule has 2 amide bonds. The monoisotopic (exact) mass is 264 g/mol. The molecule has 0 radical (unpaired) electrons. The molecule has 0 unspecified atom stereocenters. The maximum atomic E-state index is 11.9. The number of hydrogen-bond donors (Lipinski definition) is 1. The summed E-state index contributed by atoms with van der Waals surface area (Å²) in [6.45, 7) is 2.47. The number of aromatic nitrogens is 1. The minimum atomic E-state index is -0.185. The lowest BCUT2D eigenvalue weighted by Gasteiger charge is -2.23. The molecule has 3 rings (SSSR count). The van der Waals surface area contributed by atoms with Gasteiger partial charge in [0.2, 0.25) is 0 Å². The minimum absolute atomic E-state index is 0.185. The zero-order chi connectivity index (χ0) is 12.7. The number of urea groups is 1. The Morgan fingerprint density at radius 3 is 3.11 bits per heavy atom. The zero-order valence-corrected chi connectivity index (χ0v) is 10.9. The summed E-state index contributed by atoms with van der Waals surface area (Å²) in [4.78, 5) is 17.9. The maximum absolute atomic E-state index is 11.9. The molecule has 1 N–H and O–H groups in total. The first-order valence-electron chi connectivity index (χ1n) is 5.60. The Balaban J connectivity index is 2.02. The zero-order valence-electron chi connectivity index (χ0n) is 10.0. The molecule has 1 aromatic heterocycles. The van der Waals surface area contributed by atoms with Crippen molar-refractivity contribution in [3.8, 4) is 0 Å². The van der Waals surface area contributed by atoms with E-state index in [2.05, 4.69) is 27.6 Å². The number of aryl methyl sites for hydroxylation is 1. The Labute approximate surface area is 108 Å². The molecule has 0 saturated heterocycles. The van der Waals surface area contributed by atoms with Crippen molar-refractivity contribution in [2.24, 2.45) is 10.3 Å². The van der Waals surface area contributed by atoms with E-state index in [4.69, 9.17) is 0 Å². The van der Waals surface area contributed by atoms with Gasteiger partial charge < -0.3 is 5.32 Å². The van der Waals surface area contributed by atoms with E-state index in [0.29, 0.717) is 12.5 Å². The first-order valence-corrected chi connectivity index (χ1v) is 6.48. The highest BCUT2D eigenvalue weighted by molar-refractivity contribution is 7.10. The van der Waals surface area contributed by atoms with E-state index in [1.807, 2.05) is 5.38 Å². The highest BCUT2D eigenvalue weighted by atomic mass is 32.1. The summed E-state index contributed by atoms with van der Waals surface area (Å²) in [5.74, 6) is 0.551. The highest BCUT2D eigenvalue weighted by Gasteiger charge is 2.34. The number of rotatable bonds is 2. The molecule has 1 aromatic rings. The van der Waals surface area contributed by atoms with Crippen LogP contribution in [0.5, 0.6) is 0 Å². The second-order valence-corrected chi connectivity index (χ2v) is 4.81. The molecule has 0 aliphatic carbocycles. The van der Waals surface area contributed by atoms with Crippen LogP contribution >= 0.6 is 11.3 Å². The number of carbonyl (C=O) groups is 1.